The summed E-state index contributed by atoms with van der Waals surface area (Å²) in [4.78, 5) is 10.9. The molecule has 1 N–H and O–H groups in total. The Morgan fingerprint density at radius 2 is 2.24 bits per heavy atom. The van der Waals surface area contributed by atoms with E-state index in [0.717, 1.165) is 15.2 Å². The molecule has 0 aliphatic heterocycles. The lowest BCUT2D eigenvalue weighted by Gasteiger charge is -2.22. The van der Waals surface area contributed by atoms with Crippen molar-refractivity contribution in [2.75, 3.05) is 7.05 Å². The number of carboxylic acid groups (broad SMARTS) is 1. The van der Waals surface area contributed by atoms with E-state index in [9.17, 15) is 13.2 Å². The van der Waals surface area contributed by atoms with Crippen LogP contribution in [0.15, 0.2) is 11.2 Å². The molecule has 17 heavy (non-hydrogen) atoms. The smallest absolute Gasteiger partial charge is 0.321 e. The predicted molar refractivity (Wildman–Crippen MR) is 57.7 cm³/mol. The number of aliphatic carboxylic acids is 1. The van der Waals surface area contributed by atoms with E-state index in [2.05, 4.69) is 10.3 Å². The predicted octanol–water partition coefficient (Wildman–Crippen LogP) is -0.701. The standard InChI is InChI=1S/C8H14N4O4S/c1-4-6(8(13)14)12(3)17(15,16)7-5-9-10-11(7)2/h5-6H,4H2,1-3H3,(H,13,14). The highest BCUT2D eigenvalue weighted by Crippen LogP contribution is 2.16. The summed E-state index contributed by atoms with van der Waals surface area (Å²) in [6.07, 6.45) is 1.26. The highest BCUT2D eigenvalue weighted by molar-refractivity contribution is 7.89. The first kappa shape index (κ1) is 13.6. The highest BCUT2D eigenvalue weighted by atomic mass is 32.2. The van der Waals surface area contributed by atoms with Crippen molar-refractivity contribution in [1.29, 1.82) is 0 Å². The molecule has 0 radical (unpaired) electrons. The van der Waals surface area contributed by atoms with Gasteiger partial charge in [-0.1, -0.05) is 12.1 Å². The zero-order chi connectivity index (χ0) is 13.2. The van der Waals surface area contributed by atoms with E-state index >= 15 is 0 Å². The molecule has 1 aromatic heterocycles. The minimum Gasteiger partial charge on any atom is -0.480 e. The molecule has 0 saturated heterocycles. The lowest BCUT2D eigenvalue weighted by Crippen LogP contribution is -2.42. The van der Waals surface area contributed by atoms with Crippen molar-refractivity contribution >= 4 is 16.0 Å². The van der Waals surface area contributed by atoms with E-state index in [4.69, 9.17) is 5.11 Å². The average molecular weight is 262 g/mol. The Labute approximate surface area is 98.9 Å². The van der Waals surface area contributed by atoms with Gasteiger partial charge in [0.2, 0.25) is 0 Å². The minimum atomic E-state index is -3.89. The molecule has 9 heteroatoms. The van der Waals surface area contributed by atoms with E-state index in [1.807, 2.05) is 0 Å². The second-order valence-electron chi connectivity index (χ2n) is 3.48. The third-order valence-corrected chi connectivity index (χ3v) is 4.34. The summed E-state index contributed by atoms with van der Waals surface area (Å²) in [7, 11) is -1.24. The number of hydrogen-bond acceptors (Lipinski definition) is 5. The molecule has 0 aromatic carbocycles. The zero-order valence-corrected chi connectivity index (χ0v) is 10.5. The minimum absolute atomic E-state index is 0.139. The molecule has 1 aromatic rings. The maximum atomic E-state index is 12.1. The van der Waals surface area contributed by atoms with Crippen molar-refractivity contribution < 1.29 is 18.3 Å². The SMILES string of the molecule is CCC(C(=O)O)N(C)S(=O)(=O)c1cnnn1C. The first-order valence-electron chi connectivity index (χ1n) is 4.87. The van der Waals surface area contributed by atoms with Gasteiger partial charge in [0.1, 0.15) is 6.04 Å². The number of rotatable bonds is 5. The van der Waals surface area contributed by atoms with Crippen LogP contribution in [-0.4, -0.2) is 51.9 Å². The van der Waals surface area contributed by atoms with Gasteiger partial charge >= 0.3 is 5.97 Å². The van der Waals surface area contributed by atoms with Gasteiger partial charge in [0.15, 0.2) is 5.03 Å². The largest absolute Gasteiger partial charge is 0.480 e. The van der Waals surface area contributed by atoms with Gasteiger partial charge in [-0.15, -0.1) is 5.10 Å². The Kier molecular flexibility index (Phi) is 3.83. The van der Waals surface area contributed by atoms with Crippen LogP contribution >= 0.6 is 0 Å². The van der Waals surface area contributed by atoms with Crippen molar-refractivity contribution in [3.63, 3.8) is 0 Å². The monoisotopic (exact) mass is 262 g/mol. The molecule has 1 unspecified atom stereocenters. The van der Waals surface area contributed by atoms with E-state index in [1.54, 1.807) is 6.92 Å². The average Bonchev–Trinajstić information content (AvgIpc) is 2.65. The molecule has 0 aliphatic carbocycles. The molecular formula is C8H14N4O4S. The number of aromatic nitrogens is 3. The van der Waals surface area contributed by atoms with E-state index in [1.165, 1.54) is 14.1 Å². The molecule has 0 aliphatic rings. The molecule has 1 rings (SSSR count). The maximum absolute atomic E-state index is 12.1. The molecule has 0 amide bonds. The Balaban J connectivity index is 3.15. The van der Waals surface area contributed by atoms with Crippen LogP contribution < -0.4 is 0 Å². The van der Waals surface area contributed by atoms with Gasteiger partial charge in [-0.2, -0.15) is 4.31 Å². The Morgan fingerprint density at radius 3 is 2.59 bits per heavy atom. The highest BCUT2D eigenvalue weighted by Gasteiger charge is 2.33. The first-order chi connectivity index (χ1) is 7.82. The van der Waals surface area contributed by atoms with Crippen molar-refractivity contribution in [2.45, 2.75) is 24.4 Å². The molecule has 8 nitrogen and oxygen atoms in total. The number of hydrogen-bond donors (Lipinski definition) is 1. The van der Waals surface area contributed by atoms with Crippen LogP contribution in [-0.2, 0) is 21.9 Å². The first-order valence-corrected chi connectivity index (χ1v) is 6.31. The van der Waals surface area contributed by atoms with Crippen LogP contribution in [0.3, 0.4) is 0 Å². The summed E-state index contributed by atoms with van der Waals surface area (Å²) in [5.74, 6) is -1.19. The molecule has 0 spiro atoms. The summed E-state index contributed by atoms with van der Waals surface area (Å²) < 4.78 is 26.1. The summed E-state index contributed by atoms with van der Waals surface area (Å²) in [5.41, 5.74) is 0. The quantitative estimate of drug-likeness (QED) is 0.752. The topological polar surface area (TPSA) is 105 Å². The van der Waals surface area contributed by atoms with Crippen molar-refractivity contribution in [1.82, 2.24) is 19.3 Å². The number of sulfonamides is 1. The van der Waals surface area contributed by atoms with Crippen LogP contribution in [0.4, 0.5) is 0 Å². The van der Waals surface area contributed by atoms with Crippen LogP contribution in [0, 0.1) is 0 Å². The Bertz CT molecular complexity index is 509. The molecule has 96 valence electrons. The molecule has 0 fully saturated rings. The van der Waals surface area contributed by atoms with Gasteiger partial charge in [0, 0.05) is 14.1 Å². The summed E-state index contributed by atoms with van der Waals surface area (Å²) >= 11 is 0. The molecule has 1 heterocycles. The number of nitrogens with zero attached hydrogens (tertiary/aromatic N) is 4. The normalized spacial score (nSPS) is 13.9. The van der Waals surface area contributed by atoms with Crippen LogP contribution in [0.2, 0.25) is 0 Å². The fourth-order valence-electron chi connectivity index (χ4n) is 1.42. The van der Waals surface area contributed by atoms with Gasteiger partial charge in [-0.3, -0.25) is 4.79 Å². The molecule has 0 bridgehead atoms. The van der Waals surface area contributed by atoms with Crippen LogP contribution in [0.5, 0.6) is 0 Å². The van der Waals surface area contributed by atoms with Gasteiger partial charge in [-0.05, 0) is 6.42 Å². The molecular weight excluding hydrogens is 248 g/mol. The lowest BCUT2D eigenvalue weighted by atomic mass is 10.2. The fourth-order valence-corrected chi connectivity index (χ4v) is 2.84. The number of likely N-dealkylation sites (N-methyl/N-ethyl adjacent to an activating group) is 1. The van der Waals surface area contributed by atoms with Crippen LogP contribution in [0.25, 0.3) is 0 Å². The Hall–Kier alpha value is -1.48. The molecule has 1 atom stereocenters. The van der Waals surface area contributed by atoms with Gasteiger partial charge < -0.3 is 5.11 Å². The number of aryl methyl sites for hydroxylation is 1. The third-order valence-electron chi connectivity index (χ3n) is 2.43. The molecule has 0 saturated carbocycles. The second-order valence-corrected chi connectivity index (χ2v) is 5.42. The van der Waals surface area contributed by atoms with Crippen molar-refractivity contribution in [3.05, 3.63) is 6.20 Å². The van der Waals surface area contributed by atoms with E-state index in [-0.39, 0.29) is 11.4 Å². The van der Waals surface area contributed by atoms with Gasteiger partial charge in [-0.25, -0.2) is 13.1 Å². The Morgan fingerprint density at radius 1 is 1.65 bits per heavy atom. The fraction of sp³-hybridized carbons (Fsp3) is 0.625. The number of carboxylic acids is 1. The van der Waals surface area contributed by atoms with Crippen molar-refractivity contribution in [2.24, 2.45) is 7.05 Å². The van der Waals surface area contributed by atoms with Gasteiger partial charge in [0.25, 0.3) is 10.0 Å². The zero-order valence-electron chi connectivity index (χ0n) is 9.73. The second kappa shape index (κ2) is 4.80. The lowest BCUT2D eigenvalue weighted by molar-refractivity contribution is -0.141. The van der Waals surface area contributed by atoms with Crippen LogP contribution in [0.1, 0.15) is 13.3 Å². The summed E-state index contributed by atoms with van der Waals surface area (Å²) in [6, 6.07) is -1.10. The van der Waals surface area contributed by atoms with E-state index < -0.39 is 22.0 Å². The van der Waals surface area contributed by atoms with E-state index in [0.29, 0.717) is 0 Å². The van der Waals surface area contributed by atoms with Gasteiger partial charge in [0.05, 0.1) is 6.20 Å². The maximum Gasteiger partial charge on any atom is 0.321 e. The third kappa shape index (κ3) is 2.44. The summed E-state index contributed by atoms with van der Waals surface area (Å²) in [5, 5.41) is 15.8. The summed E-state index contributed by atoms with van der Waals surface area (Å²) in [6.45, 7) is 1.60. The number of carbonyl (C=O) groups is 1. The van der Waals surface area contributed by atoms with Crippen molar-refractivity contribution in [3.8, 4) is 0 Å².